The van der Waals surface area contributed by atoms with Crippen molar-refractivity contribution in [2.24, 2.45) is 0 Å². The fourth-order valence-electron chi connectivity index (χ4n) is 3.14. The quantitative estimate of drug-likeness (QED) is 0.893. The van der Waals surface area contributed by atoms with E-state index in [-0.39, 0.29) is 31.5 Å². The van der Waals surface area contributed by atoms with Crippen molar-refractivity contribution in [3.05, 3.63) is 35.4 Å². The first-order valence-electron chi connectivity index (χ1n) is 7.94. The van der Waals surface area contributed by atoms with Crippen molar-refractivity contribution >= 4 is 5.91 Å². The van der Waals surface area contributed by atoms with Gasteiger partial charge in [0.2, 0.25) is 5.91 Å². The van der Waals surface area contributed by atoms with Crippen LogP contribution in [0.25, 0.3) is 0 Å². The summed E-state index contributed by atoms with van der Waals surface area (Å²) in [5, 5.41) is 2.73. The van der Waals surface area contributed by atoms with Crippen LogP contribution in [0.15, 0.2) is 24.3 Å². The van der Waals surface area contributed by atoms with E-state index in [0.29, 0.717) is 13.0 Å². The van der Waals surface area contributed by atoms with E-state index in [1.54, 1.807) is 7.11 Å². The standard InChI is InChI=1S/C17H23F3N2O2/c1-12(23)21-15-7-8-16(17(18,19)20)22(10-15)9-13-3-5-14(6-4-13)11-24-2/h3-6,15-16H,7-11H2,1-2H3,(H,21,23). The summed E-state index contributed by atoms with van der Waals surface area (Å²) in [7, 11) is 1.59. The van der Waals surface area contributed by atoms with Crippen LogP contribution in [0.3, 0.4) is 0 Å². The molecule has 0 saturated carbocycles. The number of amides is 1. The van der Waals surface area contributed by atoms with Crippen LogP contribution in [-0.4, -0.2) is 42.7 Å². The lowest BCUT2D eigenvalue weighted by Crippen LogP contribution is -2.55. The molecule has 1 amide bonds. The smallest absolute Gasteiger partial charge is 0.380 e. The summed E-state index contributed by atoms with van der Waals surface area (Å²) in [6.45, 7) is 2.26. The summed E-state index contributed by atoms with van der Waals surface area (Å²) in [6, 6.07) is 5.65. The third-order valence-electron chi connectivity index (χ3n) is 4.19. The van der Waals surface area contributed by atoms with E-state index in [4.69, 9.17) is 4.74 Å². The molecule has 4 nitrogen and oxygen atoms in total. The van der Waals surface area contributed by atoms with E-state index in [1.807, 2.05) is 24.3 Å². The summed E-state index contributed by atoms with van der Waals surface area (Å²) in [5.41, 5.74) is 1.79. The van der Waals surface area contributed by atoms with Gasteiger partial charge < -0.3 is 10.1 Å². The molecular formula is C17H23F3N2O2. The van der Waals surface area contributed by atoms with Gasteiger partial charge in [0.25, 0.3) is 0 Å². The molecule has 1 saturated heterocycles. The van der Waals surface area contributed by atoms with Gasteiger partial charge in [0, 0.05) is 33.2 Å². The van der Waals surface area contributed by atoms with E-state index < -0.39 is 12.2 Å². The van der Waals surface area contributed by atoms with E-state index in [2.05, 4.69) is 5.32 Å². The lowest BCUT2D eigenvalue weighted by molar-refractivity contribution is -0.194. The minimum Gasteiger partial charge on any atom is -0.380 e. The zero-order valence-electron chi connectivity index (χ0n) is 13.9. The van der Waals surface area contributed by atoms with Crippen molar-refractivity contribution in [2.75, 3.05) is 13.7 Å². The first-order chi connectivity index (χ1) is 11.3. The predicted molar refractivity (Wildman–Crippen MR) is 84.2 cm³/mol. The number of carbonyl (C=O) groups excluding carboxylic acids is 1. The van der Waals surface area contributed by atoms with Gasteiger partial charge in [0.05, 0.1) is 6.61 Å². The maximum atomic E-state index is 13.3. The van der Waals surface area contributed by atoms with Crippen LogP contribution in [0.2, 0.25) is 0 Å². The van der Waals surface area contributed by atoms with Crippen LogP contribution in [0.1, 0.15) is 30.9 Å². The van der Waals surface area contributed by atoms with Crippen LogP contribution in [0, 0.1) is 0 Å². The van der Waals surface area contributed by atoms with E-state index in [0.717, 1.165) is 11.1 Å². The van der Waals surface area contributed by atoms with Gasteiger partial charge >= 0.3 is 6.18 Å². The number of methoxy groups -OCH3 is 1. The second-order valence-electron chi connectivity index (χ2n) is 6.21. The number of hydrogen-bond acceptors (Lipinski definition) is 3. The van der Waals surface area contributed by atoms with Gasteiger partial charge in [-0.3, -0.25) is 9.69 Å². The molecule has 1 heterocycles. The lowest BCUT2D eigenvalue weighted by Gasteiger charge is -2.40. The van der Waals surface area contributed by atoms with Crippen molar-refractivity contribution in [2.45, 2.75) is 51.2 Å². The summed E-state index contributed by atoms with van der Waals surface area (Å²) >= 11 is 0. The maximum Gasteiger partial charge on any atom is 0.404 e. The molecule has 1 N–H and O–H groups in total. The molecule has 24 heavy (non-hydrogen) atoms. The third kappa shape index (κ3) is 5.21. The van der Waals surface area contributed by atoms with Gasteiger partial charge in [-0.1, -0.05) is 24.3 Å². The first kappa shape index (κ1) is 18.7. The van der Waals surface area contributed by atoms with E-state index in [1.165, 1.54) is 11.8 Å². The van der Waals surface area contributed by atoms with Crippen LogP contribution in [0.5, 0.6) is 0 Å². The Labute approximate surface area is 140 Å². The minimum absolute atomic E-state index is 0.00376. The number of likely N-dealkylation sites (tertiary alicyclic amines) is 1. The van der Waals surface area contributed by atoms with Gasteiger partial charge in [-0.15, -0.1) is 0 Å². The number of rotatable bonds is 5. The molecule has 0 bridgehead atoms. The fraction of sp³-hybridized carbons (Fsp3) is 0.588. The molecule has 2 atom stereocenters. The molecule has 2 rings (SSSR count). The Morgan fingerprint density at radius 1 is 1.25 bits per heavy atom. The Kier molecular flexibility index (Phi) is 6.23. The van der Waals surface area contributed by atoms with Crippen molar-refractivity contribution < 1.29 is 22.7 Å². The van der Waals surface area contributed by atoms with Crippen molar-refractivity contribution in [1.29, 1.82) is 0 Å². The monoisotopic (exact) mass is 344 g/mol. The zero-order valence-corrected chi connectivity index (χ0v) is 13.9. The number of benzene rings is 1. The largest absolute Gasteiger partial charge is 0.404 e. The van der Waals surface area contributed by atoms with E-state index in [9.17, 15) is 18.0 Å². The number of piperidine rings is 1. The second kappa shape index (κ2) is 7.98. The first-order valence-corrected chi connectivity index (χ1v) is 7.94. The number of nitrogens with zero attached hydrogens (tertiary/aromatic N) is 1. The molecule has 1 aliphatic rings. The Bertz CT molecular complexity index is 546. The molecule has 0 aromatic heterocycles. The Morgan fingerprint density at radius 2 is 1.88 bits per heavy atom. The fourth-order valence-corrected chi connectivity index (χ4v) is 3.14. The van der Waals surface area contributed by atoms with Crippen molar-refractivity contribution in [3.63, 3.8) is 0 Å². The highest BCUT2D eigenvalue weighted by molar-refractivity contribution is 5.73. The Balaban J connectivity index is 2.09. The molecule has 0 spiro atoms. The molecule has 0 aliphatic carbocycles. The predicted octanol–water partition coefficient (Wildman–Crippen LogP) is 2.86. The number of nitrogens with one attached hydrogen (secondary N) is 1. The van der Waals surface area contributed by atoms with E-state index >= 15 is 0 Å². The average molecular weight is 344 g/mol. The normalized spacial score (nSPS) is 22.4. The molecule has 2 unspecified atom stereocenters. The number of alkyl halides is 3. The molecule has 1 aromatic carbocycles. The van der Waals surface area contributed by atoms with Gasteiger partial charge in [-0.2, -0.15) is 13.2 Å². The van der Waals surface area contributed by atoms with Crippen molar-refractivity contribution in [3.8, 4) is 0 Å². The molecule has 0 radical (unpaired) electrons. The summed E-state index contributed by atoms with van der Waals surface area (Å²) in [4.78, 5) is 12.6. The molecule has 1 aliphatic heterocycles. The highest BCUT2D eigenvalue weighted by atomic mass is 19.4. The average Bonchev–Trinajstić information content (AvgIpc) is 2.48. The number of carbonyl (C=O) groups is 1. The summed E-state index contributed by atoms with van der Waals surface area (Å²) in [6.07, 6.45) is -3.93. The molecule has 1 fully saturated rings. The topological polar surface area (TPSA) is 41.6 Å². The minimum atomic E-state index is -4.27. The van der Waals surface area contributed by atoms with Gasteiger partial charge in [-0.25, -0.2) is 0 Å². The molecule has 7 heteroatoms. The maximum absolute atomic E-state index is 13.3. The Hall–Kier alpha value is -1.60. The number of ether oxygens (including phenoxy) is 1. The van der Waals surface area contributed by atoms with Crippen LogP contribution in [0.4, 0.5) is 13.2 Å². The number of halogens is 3. The molecule has 134 valence electrons. The van der Waals surface area contributed by atoms with Gasteiger partial charge in [0.15, 0.2) is 0 Å². The molecular weight excluding hydrogens is 321 g/mol. The summed E-state index contributed by atoms with van der Waals surface area (Å²) in [5.74, 6) is -0.214. The zero-order chi connectivity index (χ0) is 17.7. The van der Waals surface area contributed by atoms with Gasteiger partial charge in [-0.05, 0) is 24.0 Å². The van der Waals surface area contributed by atoms with Crippen LogP contribution in [-0.2, 0) is 22.7 Å². The highest BCUT2D eigenvalue weighted by Gasteiger charge is 2.46. The number of hydrogen-bond donors (Lipinski definition) is 1. The van der Waals surface area contributed by atoms with Crippen LogP contribution >= 0.6 is 0 Å². The van der Waals surface area contributed by atoms with Gasteiger partial charge in [0.1, 0.15) is 6.04 Å². The Morgan fingerprint density at radius 3 is 2.42 bits per heavy atom. The third-order valence-corrected chi connectivity index (χ3v) is 4.19. The highest BCUT2D eigenvalue weighted by Crippen LogP contribution is 2.33. The summed E-state index contributed by atoms with van der Waals surface area (Å²) < 4.78 is 44.9. The SMILES string of the molecule is COCc1ccc(CN2CC(NC(C)=O)CCC2C(F)(F)F)cc1. The molecule has 1 aromatic rings. The second-order valence-corrected chi connectivity index (χ2v) is 6.21. The lowest BCUT2D eigenvalue weighted by atomic mass is 9.96. The van der Waals surface area contributed by atoms with Crippen LogP contribution < -0.4 is 5.32 Å². The van der Waals surface area contributed by atoms with Crippen molar-refractivity contribution in [1.82, 2.24) is 10.2 Å².